The zero-order valence-corrected chi connectivity index (χ0v) is 21.5. The summed E-state index contributed by atoms with van der Waals surface area (Å²) >= 11 is 0. The van der Waals surface area contributed by atoms with E-state index in [1.807, 2.05) is 0 Å². The lowest BCUT2D eigenvalue weighted by molar-refractivity contribution is 0.300. The highest BCUT2D eigenvalue weighted by atomic mass is 16.5. The van der Waals surface area contributed by atoms with Gasteiger partial charge in [-0.05, 0) is 87.1 Å². The van der Waals surface area contributed by atoms with Gasteiger partial charge >= 0.3 is 0 Å². The van der Waals surface area contributed by atoms with E-state index in [-0.39, 0.29) is 0 Å². The maximum atomic E-state index is 6.02. The molecule has 0 amide bonds. The zero-order valence-electron chi connectivity index (χ0n) is 21.5. The third-order valence-electron chi connectivity index (χ3n) is 7.55. The number of rotatable bonds is 14. The smallest absolute Gasteiger partial charge is 0.119 e. The third kappa shape index (κ3) is 9.07. The standard InChI is InChI=1S/C31H47NO/c1-4-5-8-11-27-14-16-28(17-15-27)29-18-22-31(23-19-29)33-25-10-7-6-9-24-32(3)30-20-12-26(2)13-21-30/h12-13,18-23,27-28H,4-11,14-17,24-25H2,1-3H3. The Morgan fingerprint density at radius 2 is 1.48 bits per heavy atom. The molecular formula is C31H47NO. The molecule has 0 unspecified atom stereocenters. The Bertz CT molecular complexity index is 759. The fourth-order valence-corrected chi connectivity index (χ4v) is 5.23. The molecule has 182 valence electrons. The van der Waals surface area contributed by atoms with Gasteiger partial charge in [0.15, 0.2) is 0 Å². The van der Waals surface area contributed by atoms with E-state index in [0.717, 1.165) is 37.2 Å². The van der Waals surface area contributed by atoms with Crippen molar-refractivity contribution in [2.24, 2.45) is 5.92 Å². The number of hydrogen-bond donors (Lipinski definition) is 0. The number of aryl methyl sites for hydroxylation is 1. The van der Waals surface area contributed by atoms with Crippen LogP contribution in [0, 0.1) is 12.8 Å². The highest BCUT2D eigenvalue weighted by Gasteiger charge is 2.22. The quantitative estimate of drug-likeness (QED) is 0.267. The van der Waals surface area contributed by atoms with E-state index in [4.69, 9.17) is 4.74 Å². The Morgan fingerprint density at radius 3 is 2.18 bits per heavy atom. The molecule has 0 saturated heterocycles. The van der Waals surface area contributed by atoms with Gasteiger partial charge in [0.2, 0.25) is 0 Å². The number of nitrogens with zero attached hydrogens (tertiary/aromatic N) is 1. The summed E-state index contributed by atoms with van der Waals surface area (Å²) < 4.78 is 6.02. The van der Waals surface area contributed by atoms with Crippen molar-refractivity contribution in [2.75, 3.05) is 25.1 Å². The summed E-state index contributed by atoms with van der Waals surface area (Å²) in [6.45, 7) is 6.39. The summed E-state index contributed by atoms with van der Waals surface area (Å²) in [6, 6.07) is 17.8. The first-order chi connectivity index (χ1) is 16.2. The molecule has 3 rings (SSSR count). The Hall–Kier alpha value is -1.96. The summed E-state index contributed by atoms with van der Waals surface area (Å²) in [5.41, 5.74) is 4.15. The van der Waals surface area contributed by atoms with Crippen LogP contribution < -0.4 is 9.64 Å². The average Bonchev–Trinajstić information content (AvgIpc) is 2.85. The Balaban J connectivity index is 1.25. The van der Waals surface area contributed by atoms with Crippen LogP contribution in [0.4, 0.5) is 5.69 Å². The number of anilines is 1. The van der Waals surface area contributed by atoms with Gasteiger partial charge in [0.25, 0.3) is 0 Å². The summed E-state index contributed by atoms with van der Waals surface area (Å²) in [5.74, 6) is 2.78. The molecule has 1 aliphatic rings. The van der Waals surface area contributed by atoms with Gasteiger partial charge in [-0.1, -0.05) is 75.3 Å². The number of ether oxygens (including phenoxy) is 1. The fraction of sp³-hybridized carbons (Fsp3) is 0.613. The van der Waals surface area contributed by atoms with Gasteiger partial charge in [0, 0.05) is 19.3 Å². The van der Waals surface area contributed by atoms with Crippen LogP contribution in [0.25, 0.3) is 0 Å². The number of unbranched alkanes of at least 4 members (excludes halogenated alkanes) is 5. The molecule has 33 heavy (non-hydrogen) atoms. The van der Waals surface area contributed by atoms with Gasteiger partial charge in [-0.15, -0.1) is 0 Å². The van der Waals surface area contributed by atoms with E-state index >= 15 is 0 Å². The van der Waals surface area contributed by atoms with Crippen LogP contribution in [-0.4, -0.2) is 20.2 Å². The molecule has 2 aromatic carbocycles. The minimum atomic E-state index is 0.763. The zero-order chi connectivity index (χ0) is 23.3. The molecule has 0 aliphatic heterocycles. The lowest BCUT2D eigenvalue weighted by Crippen LogP contribution is -2.18. The van der Waals surface area contributed by atoms with Crippen LogP contribution in [0.2, 0.25) is 0 Å². The molecule has 1 aliphatic carbocycles. The van der Waals surface area contributed by atoms with Crippen molar-refractivity contribution in [3.63, 3.8) is 0 Å². The van der Waals surface area contributed by atoms with Crippen molar-refractivity contribution in [3.8, 4) is 5.75 Å². The topological polar surface area (TPSA) is 12.5 Å². The molecule has 0 N–H and O–H groups in total. The molecule has 0 bridgehead atoms. The van der Waals surface area contributed by atoms with Gasteiger partial charge in [-0.2, -0.15) is 0 Å². The second-order valence-corrected chi connectivity index (χ2v) is 10.3. The van der Waals surface area contributed by atoms with E-state index in [9.17, 15) is 0 Å². The molecule has 1 saturated carbocycles. The molecular weight excluding hydrogens is 402 g/mol. The SMILES string of the molecule is CCCCCC1CCC(c2ccc(OCCCCCCN(C)c3ccc(C)cc3)cc2)CC1. The van der Waals surface area contributed by atoms with Gasteiger partial charge in [0.1, 0.15) is 5.75 Å². The van der Waals surface area contributed by atoms with Gasteiger partial charge in [-0.3, -0.25) is 0 Å². The van der Waals surface area contributed by atoms with Crippen LogP contribution in [-0.2, 0) is 0 Å². The van der Waals surface area contributed by atoms with E-state index in [1.165, 1.54) is 87.4 Å². The largest absolute Gasteiger partial charge is 0.494 e. The first-order valence-electron chi connectivity index (χ1n) is 13.7. The maximum Gasteiger partial charge on any atom is 0.119 e. The van der Waals surface area contributed by atoms with Crippen LogP contribution in [0.3, 0.4) is 0 Å². The Morgan fingerprint density at radius 1 is 0.788 bits per heavy atom. The fourth-order valence-electron chi connectivity index (χ4n) is 5.23. The van der Waals surface area contributed by atoms with Crippen LogP contribution in [0.15, 0.2) is 48.5 Å². The predicted octanol–water partition coefficient (Wildman–Crippen LogP) is 8.92. The molecule has 0 radical (unpaired) electrons. The monoisotopic (exact) mass is 449 g/mol. The molecule has 2 heteroatoms. The lowest BCUT2D eigenvalue weighted by atomic mass is 9.77. The van der Waals surface area contributed by atoms with E-state index in [2.05, 4.69) is 74.3 Å². The third-order valence-corrected chi connectivity index (χ3v) is 7.55. The molecule has 0 aromatic heterocycles. The van der Waals surface area contributed by atoms with Gasteiger partial charge in [0.05, 0.1) is 6.61 Å². The summed E-state index contributed by atoms with van der Waals surface area (Å²) in [6.07, 6.45) is 16.1. The first kappa shape index (κ1) is 25.7. The number of hydrogen-bond acceptors (Lipinski definition) is 2. The van der Waals surface area contributed by atoms with Crippen LogP contribution in [0.5, 0.6) is 5.75 Å². The van der Waals surface area contributed by atoms with Crippen molar-refractivity contribution in [3.05, 3.63) is 59.7 Å². The average molecular weight is 450 g/mol. The van der Waals surface area contributed by atoms with Crippen molar-refractivity contribution in [1.29, 1.82) is 0 Å². The summed E-state index contributed by atoms with van der Waals surface area (Å²) in [7, 11) is 2.19. The second kappa shape index (κ2) is 14.3. The molecule has 0 spiro atoms. The Labute approximate surface area is 203 Å². The lowest BCUT2D eigenvalue weighted by Gasteiger charge is -2.29. The van der Waals surface area contributed by atoms with E-state index in [0.29, 0.717) is 0 Å². The second-order valence-electron chi connectivity index (χ2n) is 10.3. The van der Waals surface area contributed by atoms with Crippen LogP contribution >= 0.6 is 0 Å². The normalized spacial score (nSPS) is 18.3. The van der Waals surface area contributed by atoms with Gasteiger partial charge < -0.3 is 9.64 Å². The molecule has 1 fully saturated rings. The first-order valence-corrected chi connectivity index (χ1v) is 13.7. The minimum absolute atomic E-state index is 0.763. The van der Waals surface area contributed by atoms with E-state index < -0.39 is 0 Å². The van der Waals surface area contributed by atoms with Crippen molar-refractivity contribution in [2.45, 2.75) is 96.8 Å². The molecule has 0 atom stereocenters. The van der Waals surface area contributed by atoms with Crippen molar-refractivity contribution < 1.29 is 4.74 Å². The highest BCUT2D eigenvalue weighted by molar-refractivity contribution is 5.46. The Kier molecular flexibility index (Phi) is 11.1. The maximum absolute atomic E-state index is 6.02. The predicted molar refractivity (Wildman–Crippen MR) is 144 cm³/mol. The summed E-state index contributed by atoms with van der Waals surface area (Å²) in [5, 5.41) is 0. The molecule has 2 nitrogen and oxygen atoms in total. The molecule has 2 aromatic rings. The molecule has 0 heterocycles. The summed E-state index contributed by atoms with van der Waals surface area (Å²) in [4.78, 5) is 2.36. The van der Waals surface area contributed by atoms with Crippen molar-refractivity contribution >= 4 is 5.69 Å². The van der Waals surface area contributed by atoms with Gasteiger partial charge in [-0.25, -0.2) is 0 Å². The minimum Gasteiger partial charge on any atom is -0.494 e. The highest BCUT2D eigenvalue weighted by Crippen LogP contribution is 2.38. The van der Waals surface area contributed by atoms with Crippen LogP contribution in [0.1, 0.15) is 101 Å². The van der Waals surface area contributed by atoms with E-state index in [1.54, 1.807) is 0 Å². The number of benzene rings is 2. The van der Waals surface area contributed by atoms with Crippen molar-refractivity contribution in [1.82, 2.24) is 0 Å².